The van der Waals surface area contributed by atoms with Gasteiger partial charge >= 0.3 is 0 Å². The standard InChI is InChI=1S/C16H25N5O/c1-3-8-21(9-4-2)16(22)15(13-17)14-19-7-12-20-10-5-18-6-11-20/h3-4,14,18-19H,1-2,5-12H2/b15-14-. The van der Waals surface area contributed by atoms with E-state index in [0.717, 1.165) is 32.7 Å². The van der Waals surface area contributed by atoms with Crippen LogP contribution in [0.1, 0.15) is 0 Å². The second-order valence-corrected chi connectivity index (χ2v) is 5.00. The van der Waals surface area contributed by atoms with E-state index in [4.69, 9.17) is 5.26 Å². The largest absolute Gasteiger partial charge is 0.388 e. The number of hydrogen-bond donors (Lipinski definition) is 2. The van der Waals surface area contributed by atoms with E-state index in [2.05, 4.69) is 28.7 Å². The molecule has 0 unspecified atom stereocenters. The zero-order chi connectivity index (χ0) is 16.2. The Morgan fingerprint density at radius 3 is 2.50 bits per heavy atom. The number of piperazine rings is 1. The van der Waals surface area contributed by atoms with Gasteiger partial charge < -0.3 is 15.5 Å². The second kappa shape index (κ2) is 10.6. The molecule has 1 amide bonds. The molecule has 0 aliphatic carbocycles. The van der Waals surface area contributed by atoms with Gasteiger partial charge in [0.05, 0.1) is 0 Å². The summed E-state index contributed by atoms with van der Waals surface area (Å²) in [6.07, 6.45) is 4.77. The summed E-state index contributed by atoms with van der Waals surface area (Å²) in [5.74, 6) is -0.308. The zero-order valence-corrected chi connectivity index (χ0v) is 13.1. The van der Waals surface area contributed by atoms with Crippen LogP contribution in [0.15, 0.2) is 37.1 Å². The lowest BCUT2D eigenvalue weighted by atomic mass is 10.2. The average Bonchev–Trinajstić information content (AvgIpc) is 2.55. The summed E-state index contributed by atoms with van der Waals surface area (Å²) in [7, 11) is 0. The number of rotatable bonds is 9. The summed E-state index contributed by atoms with van der Waals surface area (Å²) < 4.78 is 0. The molecule has 0 radical (unpaired) electrons. The Morgan fingerprint density at radius 1 is 1.32 bits per heavy atom. The van der Waals surface area contributed by atoms with Crippen LogP contribution in [-0.4, -0.2) is 68.1 Å². The minimum Gasteiger partial charge on any atom is -0.388 e. The molecule has 1 fully saturated rings. The number of hydrogen-bond acceptors (Lipinski definition) is 5. The molecule has 0 aromatic heterocycles. The van der Waals surface area contributed by atoms with E-state index in [-0.39, 0.29) is 11.5 Å². The Bertz CT molecular complexity index is 436. The minimum atomic E-state index is -0.308. The fraction of sp³-hybridized carbons (Fsp3) is 0.500. The van der Waals surface area contributed by atoms with Gasteiger partial charge in [-0.05, 0) is 0 Å². The van der Waals surface area contributed by atoms with E-state index in [1.807, 2.05) is 6.07 Å². The molecule has 0 aromatic carbocycles. The van der Waals surface area contributed by atoms with E-state index < -0.39 is 0 Å². The normalized spacial score (nSPS) is 15.7. The van der Waals surface area contributed by atoms with Crippen LogP contribution < -0.4 is 10.6 Å². The van der Waals surface area contributed by atoms with E-state index in [1.165, 1.54) is 11.1 Å². The first-order valence-electron chi connectivity index (χ1n) is 7.50. The van der Waals surface area contributed by atoms with E-state index in [1.54, 1.807) is 12.2 Å². The summed E-state index contributed by atoms with van der Waals surface area (Å²) >= 11 is 0. The van der Waals surface area contributed by atoms with Crippen molar-refractivity contribution in [2.45, 2.75) is 0 Å². The molecule has 0 saturated carbocycles. The van der Waals surface area contributed by atoms with Crippen LogP contribution in [-0.2, 0) is 4.79 Å². The van der Waals surface area contributed by atoms with Crippen molar-refractivity contribution in [2.75, 3.05) is 52.4 Å². The second-order valence-electron chi connectivity index (χ2n) is 5.00. The molecule has 0 bridgehead atoms. The molecule has 22 heavy (non-hydrogen) atoms. The van der Waals surface area contributed by atoms with Crippen LogP contribution in [0.2, 0.25) is 0 Å². The number of amides is 1. The van der Waals surface area contributed by atoms with Crippen LogP contribution in [0.3, 0.4) is 0 Å². The SMILES string of the molecule is C=CCN(CC=C)C(=O)/C(C#N)=C\NCCN1CCNCC1. The molecule has 0 atom stereocenters. The average molecular weight is 303 g/mol. The zero-order valence-electron chi connectivity index (χ0n) is 13.1. The highest BCUT2D eigenvalue weighted by atomic mass is 16.2. The third kappa shape index (κ3) is 6.12. The van der Waals surface area contributed by atoms with Crippen LogP contribution in [0.25, 0.3) is 0 Å². The molecular formula is C16H25N5O. The molecule has 1 aliphatic rings. The number of nitriles is 1. The summed E-state index contributed by atoms with van der Waals surface area (Å²) in [5, 5.41) is 15.5. The van der Waals surface area contributed by atoms with Gasteiger partial charge in [0.15, 0.2) is 0 Å². The quantitative estimate of drug-likeness (QED) is 0.273. The van der Waals surface area contributed by atoms with Gasteiger partial charge in [0.2, 0.25) is 0 Å². The molecule has 1 heterocycles. The molecular weight excluding hydrogens is 278 g/mol. The van der Waals surface area contributed by atoms with Gasteiger partial charge in [0.25, 0.3) is 5.91 Å². The summed E-state index contributed by atoms with van der Waals surface area (Å²) in [6, 6.07) is 1.95. The van der Waals surface area contributed by atoms with Crippen molar-refractivity contribution in [3.63, 3.8) is 0 Å². The maximum absolute atomic E-state index is 12.2. The summed E-state index contributed by atoms with van der Waals surface area (Å²) in [6.45, 7) is 13.7. The maximum atomic E-state index is 12.2. The van der Waals surface area contributed by atoms with Gasteiger partial charge in [0.1, 0.15) is 11.6 Å². The number of nitrogens with zero attached hydrogens (tertiary/aromatic N) is 3. The fourth-order valence-electron chi connectivity index (χ4n) is 2.20. The Balaban J connectivity index is 2.46. The Labute approximate surface area is 132 Å². The maximum Gasteiger partial charge on any atom is 0.266 e. The highest BCUT2D eigenvalue weighted by Gasteiger charge is 2.16. The third-order valence-corrected chi connectivity index (χ3v) is 3.37. The first-order valence-corrected chi connectivity index (χ1v) is 7.50. The fourth-order valence-corrected chi connectivity index (χ4v) is 2.20. The Kier molecular flexibility index (Phi) is 8.65. The molecule has 120 valence electrons. The van der Waals surface area contributed by atoms with Crippen molar-refractivity contribution >= 4 is 5.91 Å². The summed E-state index contributed by atoms with van der Waals surface area (Å²) in [4.78, 5) is 16.1. The smallest absolute Gasteiger partial charge is 0.266 e. The van der Waals surface area contributed by atoms with Crippen LogP contribution >= 0.6 is 0 Å². The van der Waals surface area contributed by atoms with Gasteiger partial charge in [-0.15, -0.1) is 13.2 Å². The van der Waals surface area contributed by atoms with Crippen molar-refractivity contribution in [3.8, 4) is 6.07 Å². The predicted octanol–water partition coefficient (Wildman–Crippen LogP) is 0.0893. The van der Waals surface area contributed by atoms with Crippen LogP contribution in [0.4, 0.5) is 0 Å². The van der Waals surface area contributed by atoms with Crippen molar-refractivity contribution in [1.29, 1.82) is 5.26 Å². The topological polar surface area (TPSA) is 71.4 Å². The van der Waals surface area contributed by atoms with Gasteiger partial charge in [-0.3, -0.25) is 9.69 Å². The Morgan fingerprint density at radius 2 is 1.95 bits per heavy atom. The molecule has 6 nitrogen and oxygen atoms in total. The van der Waals surface area contributed by atoms with Crippen molar-refractivity contribution in [3.05, 3.63) is 37.1 Å². The minimum absolute atomic E-state index is 0.101. The van der Waals surface area contributed by atoms with Gasteiger partial charge in [0, 0.05) is 58.6 Å². The van der Waals surface area contributed by atoms with Gasteiger partial charge in [-0.2, -0.15) is 5.26 Å². The van der Waals surface area contributed by atoms with Crippen molar-refractivity contribution in [1.82, 2.24) is 20.4 Å². The van der Waals surface area contributed by atoms with Crippen LogP contribution in [0, 0.1) is 11.3 Å². The first kappa shape index (κ1) is 18.0. The van der Waals surface area contributed by atoms with E-state index >= 15 is 0 Å². The lowest BCUT2D eigenvalue weighted by molar-refractivity contribution is -0.125. The van der Waals surface area contributed by atoms with Crippen LogP contribution in [0.5, 0.6) is 0 Å². The van der Waals surface area contributed by atoms with Gasteiger partial charge in [-0.1, -0.05) is 12.2 Å². The van der Waals surface area contributed by atoms with E-state index in [0.29, 0.717) is 19.6 Å². The predicted molar refractivity (Wildman–Crippen MR) is 88.0 cm³/mol. The molecule has 0 spiro atoms. The number of carbonyl (C=O) groups is 1. The molecule has 1 rings (SSSR count). The lowest BCUT2D eigenvalue weighted by Gasteiger charge is -2.27. The molecule has 0 aromatic rings. The number of nitrogens with one attached hydrogen (secondary N) is 2. The monoisotopic (exact) mass is 303 g/mol. The lowest BCUT2D eigenvalue weighted by Crippen LogP contribution is -2.45. The molecule has 1 aliphatic heterocycles. The molecule has 1 saturated heterocycles. The first-order chi connectivity index (χ1) is 10.7. The van der Waals surface area contributed by atoms with Crippen molar-refractivity contribution in [2.24, 2.45) is 0 Å². The third-order valence-electron chi connectivity index (χ3n) is 3.37. The number of carbonyl (C=O) groups excluding carboxylic acids is 1. The summed E-state index contributed by atoms with van der Waals surface area (Å²) in [5.41, 5.74) is 0.101. The molecule has 2 N–H and O–H groups in total. The van der Waals surface area contributed by atoms with Gasteiger partial charge in [-0.25, -0.2) is 0 Å². The Hall–Kier alpha value is -2.10. The highest BCUT2D eigenvalue weighted by Crippen LogP contribution is 2.01. The molecule has 6 heteroatoms. The van der Waals surface area contributed by atoms with Crippen molar-refractivity contribution < 1.29 is 4.79 Å². The highest BCUT2D eigenvalue weighted by molar-refractivity contribution is 5.97. The van der Waals surface area contributed by atoms with E-state index in [9.17, 15) is 4.79 Å².